The van der Waals surface area contributed by atoms with E-state index in [0.29, 0.717) is 12.3 Å². The van der Waals surface area contributed by atoms with E-state index in [2.05, 4.69) is 15.3 Å². The molecule has 1 heterocycles. The standard InChI is InChI=1S/C10H15ClN4O3/c1-6(2)3-7(4-16)14-10-8(15(17)18)9(11)12-5-13-10/h5-7,16H,3-4H2,1-2H3,(H,12,13,14). The fourth-order valence-corrected chi connectivity index (χ4v) is 1.77. The van der Waals surface area contributed by atoms with Gasteiger partial charge in [-0.05, 0) is 12.3 Å². The van der Waals surface area contributed by atoms with Crippen molar-refractivity contribution < 1.29 is 10.0 Å². The number of aliphatic hydroxyl groups is 1. The van der Waals surface area contributed by atoms with Crippen molar-refractivity contribution in [1.29, 1.82) is 0 Å². The fraction of sp³-hybridized carbons (Fsp3) is 0.600. The molecule has 0 fully saturated rings. The normalized spacial score (nSPS) is 12.5. The van der Waals surface area contributed by atoms with Gasteiger partial charge in [-0.2, -0.15) is 0 Å². The van der Waals surface area contributed by atoms with Crippen molar-refractivity contribution in [3.8, 4) is 0 Å². The van der Waals surface area contributed by atoms with E-state index in [-0.39, 0.29) is 29.3 Å². The molecule has 7 nitrogen and oxygen atoms in total. The Bertz CT molecular complexity index is 428. The number of rotatable bonds is 6. The quantitative estimate of drug-likeness (QED) is 0.466. The average molecular weight is 275 g/mol. The molecule has 1 unspecified atom stereocenters. The third-order valence-electron chi connectivity index (χ3n) is 2.28. The average Bonchev–Trinajstić information content (AvgIpc) is 2.27. The molecule has 100 valence electrons. The van der Waals surface area contributed by atoms with E-state index in [4.69, 9.17) is 11.6 Å². The summed E-state index contributed by atoms with van der Waals surface area (Å²) in [6.45, 7) is 3.84. The van der Waals surface area contributed by atoms with Gasteiger partial charge in [0.2, 0.25) is 11.0 Å². The first-order valence-electron chi connectivity index (χ1n) is 5.48. The molecule has 0 amide bonds. The van der Waals surface area contributed by atoms with Crippen molar-refractivity contribution in [3.63, 3.8) is 0 Å². The molecule has 1 rings (SSSR count). The van der Waals surface area contributed by atoms with Gasteiger partial charge in [-0.15, -0.1) is 0 Å². The van der Waals surface area contributed by atoms with Gasteiger partial charge in [0.25, 0.3) is 0 Å². The lowest BCUT2D eigenvalue weighted by atomic mass is 10.0. The van der Waals surface area contributed by atoms with Crippen molar-refractivity contribution in [2.45, 2.75) is 26.3 Å². The number of nitrogens with zero attached hydrogens (tertiary/aromatic N) is 3. The predicted octanol–water partition coefficient (Wildman–Crippen LogP) is 1.86. The minimum atomic E-state index is -0.644. The van der Waals surface area contributed by atoms with Crippen LogP contribution in [0.2, 0.25) is 5.15 Å². The van der Waals surface area contributed by atoms with E-state index in [1.807, 2.05) is 13.8 Å². The summed E-state index contributed by atoms with van der Waals surface area (Å²) in [5.74, 6) is 0.366. The lowest BCUT2D eigenvalue weighted by Gasteiger charge is -2.18. The largest absolute Gasteiger partial charge is 0.394 e. The SMILES string of the molecule is CC(C)CC(CO)Nc1ncnc(Cl)c1[N+](=O)[O-]. The molecule has 0 saturated heterocycles. The van der Waals surface area contributed by atoms with Crippen LogP contribution < -0.4 is 5.32 Å². The van der Waals surface area contributed by atoms with Crippen LogP contribution in [0.15, 0.2) is 6.33 Å². The second-order valence-electron chi connectivity index (χ2n) is 4.27. The molecule has 0 aliphatic rings. The highest BCUT2D eigenvalue weighted by atomic mass is 35.5. The van der Waals surface area contributed by atoms with Gasteiger partial charge in [0.15, 0.2) is 0 Å². The molecule has 0 aliphatic heterocycles. The first kappa shape index (κ1) is 14.6. The van der Waals surface area contributed by atoms with Crippen LogP contribution >= 0.6 is 11.6 Å². The number of aromatic nitrogens is 2. The van der Waals surface area contributed by atoms with Crippen molar-refractivity contribution in [2.24, 2.45) is 5.92 Å². The van der Waals surface area contributed by atoms with Crippen molar-refractivity contribution in [2.75, 3.05) is 11.9 Å². The van der Waals surface area contributed by atoms with Gasteiger partial charge >= 0.3 is 5.69 Å². The summed E-state index contributed by atoms with van der Waals surface area (Å²) in [6, 6.07) is -0.310. The molecule has 0 radical (unpaired) electrons. The van der Waals surface area contributed by atoms with Crippen molar-refractivity contribution in [3.05, 3.63) is 21.6 Å². The van der Waals surface area contributed by atoms with Gasteiger partial charge in [0.05, 0.1) is 17.6 Å². The van der Waals surface area contributed by atoms with Crippen LogP contribution in [0.4, 0.5) is 11.5 Å². The third kappa shape index (κ3) is 3.78. The minimum absolute atomic E-state index is 0.0275. The molecule has 8 heteroatoms. The Balaban J connectivity index is 2.95. The van der Waals surface area contributed by atoms with E-state index in [9.17, 15) is 15.2 Å². The molecule has 0 saturated carbocycles. The topological polar surface area (TPSA) is 101 Å². The zero-order valence-electron chi connectivity index (χ0n) is 10.1. The number of anilines is 1. The maximum absolute atomic E-state index is 10.9. The number of nitro groups is 1. The Morgan fingerprint density at radius 2 is 2.22 bits per heavy atom. The summed E-state index contributed by atoms with van der Waals surface area (Å²) in [5, 5.41) is 22.7. The summed E-state index contributed by atoms with van der Waals surface area (Å²) >= 11 is 5.66. The van der Waals surface area contributed by atoms with Crippen molar-refractivity contribution in [1.82, 2.24) is 9.97 Å². The Morgan fingerprint density at radius 3 is 2.72 bits per heavy atom. The zero-order chi connectivity index (χ0) is 13.7. The third-order valence-corrected chi connectivity index (χ3v) is 2.55. The molecule has 2 N–H and O–H groups in total. The molecule has 0 aromatic carbocycles. The van der Waals surface area contributed by atoms with E-state index >= 15 is 0 Å². The summed E-state index contributed by atoms with van der Waals surface area (Å²) in [5.41, 5.74) is -0.374. The minimum Gasteiger partial charge on any atom is -0.394 e. The molecule has 0 bridgehead atoms. The highest BCUT2D eigenvalue weighted by Gasteiger charge is 2.23. The Kier molecular flexibility index (Phi) is 5.24. The Labute approximate surface area is 109 Å². The molecular weight excluding hydrogens is 260 g/mol. The van der Waals surface area contributed by atoms with Gasteiger partial charge in [-0.25, -0.2) is 9.97 Å². The molecule has 0 aliphatic carbocycles. The maximum Gasteiger partial charge on any atom is 0.348 e. The van der Waals surface area contributed by atoms with Crippen LogP contribution in [0, 0.1) is 16.0 Å². The summed E-state index contributed by atoms with van der Waals surface area (Å²) in [4.78, 5) is 17.6. The molecule has 1 aromatic rings. The molecule has 1 aromatic heterocycles. The smallest absolute Gasteiger partial charge is 0.348 e. The van der Waals surface area contributed by atoms with Crippen LogP contribution in [0.3, 0.4) is 0 Å². The number of aliphatic hydroxyl groups excluding tert-OH is 1. The highest BCUT2D eigenvalue weighted by molar-refractivity contribution is 6.31. The van der Waals surface area contributed by atoms with Gasteiger partial charge in [0, 0.05) is 0 Å². The number of hydrogen-bond acceptors (Lipinski definition) is 6. The van der Waals surface area contributed by atoms with Crippen LogP contribution in [0.5, 0.6) is 0 Å². The Morgan fingerprint density at radius 1 is 1.56 bits per heavy atom. The van der Waals surface area contributed by atoms with Crippen LogP contribution in [0.25, 0.3) is 0 Å². The van der Waals surface area contributed by atoms with E-state index in [1.54, 1.807) is 0 Å². The molecule has 18 heavy (non-hydrogen) atoms. The van der Waals surface area contributed by atoms with Crippen LogP contribution in [-0.4, -0.2) is 32.6 Å². The first-order chi connectivity index (χ1) is 8.45. The fourth-order valence-electron chi connectivity index (χ4n) is 1.57. The summed E-state index contributed by atoms with van der Waals surface area (Å²) in [6.07, 6.45) is 1.80. The second kappa shape index (κ2) is 6.46. The summed E-state index contributed by atoms with van der Waals surface area (Å²) in [7, 11) is 0. The van der Waals surface area contributed by atoms with Crippen molar-refractivity contribution >= 4 is 23.1 Å². The molecule has 0 spiro atoms. The highest BCUT2D eigenvalue weighted by Crippen LogP contribution is 2.29. The maximum atomic E-state index is 10.9. The number of halogens is 1. The predicted molar refractivity (Wildman–Crippen MR) is 67.6 cm³/mol. The molecular formula is C10H15ClN4O3. The Hall–Kier alpha value is -1.47. The van der Waals surface area contributed by atoms with Crippen LogP contribution in [-0.2, 0) is 0 Å². The number of nitrogens with one attached hydrogen (secondary N) is 1. The lowest BCUT2D eigenvalue weighted by molar-refractivity contribution is -0.384. The van der Waals surface area contributed by atoms with E-state index in [1.165, 1.54) is 0 Å². The zero-order valence-corrected chi connectivity index (χ0v) is 10.9. The number of hydrogen-bond donors (Lipinski definition) is 2. The molecule has 1 atom stereocenters. The second-order valence-corrected chi connectivity index (χ2v) is 4.63. The lowest BCUT2D eigenvalue weighted by Crippen LogP contribution is -2.26. The summed E-state index contributed by atoms with van der Waals surface area (Å²) < 4.78 is 0. The van der Waals surface area contributed by atoms with Crippen LogP contribution in [0.1, 0.15) is 20.3 Å². The van der Waals surface area contributed by atoms with Gasteiger partial charge in [-0.1, -0.05) is 25.4 Å². The van der Waals surface area contributed by atoms with Gasteiger partial charge in [-0.3, -0.25) is 10.1 Å². The van der Waals surface area contributed by atoms with Gasteiger partial charge < -0.3 is 10.4 Å². The monoisotopic (exact) mass is 274 g/mol. The first-order valence-corrected chi connectivity index (χ1v) is 5.85. The van der Waals surface area contributed by atoms with E-state index in [0.717, 1.165) is 6.33 Å². The van der Waals surface area contributed by atoms with E-state index < -0.39 is 4.92 Å². The van der Waals surface area contributed by atoms with Gasteiger partial charge in [0.1, 0.15) is 6.33 Å².